The van der Waals surface area contributed by atoms with Crippen molar-refractivity contribution in [1.82, 2.24) is 15.5 Å². The molecular formula is C13H28N4OS. The minimum Gasteiger partial charge on any atom is -0.379 e. The molecule has 5 nitrogen and oxygen atoms in total. The molecule has 1 heterocycles. The van der Waals surface area contributed by atoms with E-state index in [0.29, 0.717) is 0 Å². The molecule has 1 fully saturated rings. The van der Waals surface area contributed by atoms with Crippen molar-refractivity contribution in [2.24, 2.45) is 4.99 Å². The number of unbranched alkanes of at least 4 members (excludes halogenated alkanes) is 1. The Morgan fingerprint density at radius 1 is 1.21 bits per heavy atom. The highest BCUT2D eigenvalue weighted by Crippen LogP contribution is 1.99. The van der Waals surface area contributed by atoms with E-state index in [2.05, 4.69) is 26.8 Å². The largest absolute Gasteiger partial charge is 0.379 e. The minimum absolute atomic E-state index is 0.893. The molecule has 0 bridgehead atoms. The number of morpholine rings is 1. The summed E-state index contributed by atoms with van der Waals surface area (Å²) in [5.74, 6) is 2.03. The van der Waals surface area contributed by atoms with Crippen LogP contribution >= 0.6 is 11.8 Å². The summed E-state index contributed by atoms with van der Waals surface area (Å²) in [6.07, 6.45) is 4.53. The average Bonchev–Trinajstić information content (AvgIpc) is 2.46. The standard InChI is InChI=1S/C13H28N4OS/c1-14-13(16-6-12-19-2)15-5-3-4-7-17-8-10-18-11-9-17/h3-12H2,1-2H3,(H2,14,15,16). The van der Waals surface area contributed by atoms with Crippen molar-refractivity contribution in [2.45, 2.75) is 12.8 Å². The van der Waals surface area contributed by atoms with Crippen molar-refractivity contribution >= 4 is 17.7 Å². The predicted molar refractivity (Wildman–Crippen MR) is 84.2 cm³/mol. The van der Waals surface area contributed by atoms with E-state index in [4.69, 9.17) is 4.74 Å². The number of hydrogen-bond donors (Lipinski definition) is 2. The molecule has 112 valence electrons. The number of rotatable bonds is 8. The maximum atomic E-state index is 5.34. The fourth-order valence-electron chi connectivity index (χ4n) is 1.98. The third-order valence-corrected chi connectivity index (χ3v) is 3.73. The number of nitrogens with zero attached hydrogens (tertiary/aromatic N) is 2. The van der Waals surface area contributed by atoms with Gasteiger partial charge in [-0.1, -0.05) is 0 Å². The molecule has 0 aromatic carbocycles. The van der Waals surface area contributed by atoms with Gasteiger partial charge < -0.3 is 15.4 Å². The molecular weight excluding hydrogens is 260 g/mol. The summed E-state index contributed by atoms with van der Waals surface area (Å²) in [6.45, 7) is 7.10. The third-order valence-electron chi connectivity index (χ3n) is 3.12. The van der Waals surface area contributed by atoms with Gasteiger partial charge in [0.1, 0.15) is 0 Å². The number of hydrogen-bond acceptors (Lipinski definition) is 4. The average molecular weight is 288 g/mol. The molecule has 0 radical (unpaired) electrons. The van der Waals surface area contributed by atoms with E-state index in [1.807, 2.05) is 18.8 Å². The Kier molecular flexibility index (Phi) is 9.93. The van der Waals surface area contributed by atoms with Crippen molar-refractivity contribution in [3.63, 3.8) is 0 Å². The molecule has 0 atom stereocenters. The lowest BCUT2D eigenvalue weighted by atomic mass is 10.3. The molecule has 0 aliphatic carbocycles. The van der Waals surface area contributed by atoms with E-state index in [1.54, 1.807) is 0 Å². The number of ether oxygens (including phenoxy) is 1. The Balaban J connectivity index is 1.96. The van der Waals surface area contributed by atoms with E-state index in [9.17, 15) is 0 Å². The van der Waals surface area contributed by atoms with Crippen LogP contribution in [0.5, 0.6) is 0 Å². The zero-order chi connectivity index (χ0) is 13.8. The van der Waals surface area contributed by atoms with Gasteiger partial charge in [-0.25, -0.2) is 0 Å². The Morgan fingerprint density at radius 2 is 1.95 bits per heavy atom. The van der Waals surface area contributed by atoms with Crippen LogP contribution in [0, 0.1) is 0 Å². The Morgan fingerprint density at radius 3 is 2.63 bits per heavy atom. The molecule has 1 rings (SSSR count). The summed E-state index contributed by atoms with van der Waals surface area (Å²) in [4.78, 5) is 6.69. The van der Waals surface area contributed by atoms with Gasteiger partial charge in [-0.15, -0.1) is 0 Å². The van der Waals surface area contributed by atoms with Gasteiger partial charge in [0, 0.05) is 39.0 Å². The molecule has 1 aliphatic rings. The summed E-state index contributed by atoms with van der Waals surface area (Å²) in [5, 5.41) is 6.65. The molecule has 0 aromatic heterocycles. The topological polar surface area (TPSA) is 48.9 Å². The first-order valence-corrected chi connectivity index (χ1v) is 8.49. The van der Waals surface area contributed by atoms with Crippen LogP contribution in [0.15, 0.2) is 4.99 Å². The lowest BCUT2D eigenvalue weighted by molar-refractivity contribution is 0.0372. The minimum atomic E-state index is 0.893. The van der Waals surface area contributed by atoms with Gasteiger partial charge in [0.15, 0.2) is 5.96 Å². The molecule has 0 unspecified atom stereocenters. The zero-order valence-corrected chi connectivity index (χ0v) is 13.1. The summed E-state index contributed by atoms with van der Waals surface area (Å²) < 4.78 is 5.34. The summed E-state index contributed by atoms with van der Waals surface area (Å²) in [6, 6.07) is 0. The first-order chi connectivity index (χ1) is 9.36. The van der Waals surface area contributed by atoms with Gasteiger partial charge >= 0.3 is 0 Å². The highest BCUT2D eigenvalue weighted by molar-refractivity contribution is 7.98. The second-order valence-electron chi connectivity index (χ2n) is 4.58. The van der Waals surface area contributed by atoms with E-state index >= 15 is 0 Å². The van der Waals surface area contributed by atoms with Crippen molar-refractivity contribution < 1.29 is 4.74 Å². The van der Waals surface area contributed by atoms with Gasteiger partial charge in [-0.3, -0.25) is 9.89 Å². The van der Waals surface area contributed by atoms with Crippen molar-refractivity contribution in [3.05, 3.63) is 0 Å². The third kappa shape index (κ3) is 8.34. The number of nitrogens with one attached hydrogen (secondary N) is 2. The summed E-state index contributed by atoms with van der Waals surface area (Å²) in [5.41, 5.74) is 0. The van der Waals surface area contributed by atoms with Crippen LogP contribution in [0.25, 0.3) is 0 Å². The lowest BCUT2D eigenvalue weighted by Gasteiger charge is -2.26. The quantitative estimate of drug-likeness (QED) is 0.390. The SMILES string of the molecule is CN=C(NCCCCN1CCOCC1)NCCSC. The van der Waals surface area contributed by atoms with E-state index in [-0.39, 0.29) is 0 Å². The van der Waals surface area contributed by atoms with Crippen molar-refractivity contribution in [1.29, 1.82) is 0 Å². The van der Waals surface area contributed by atoms with E-state index in [1.165, 1.54) is 19.4 Å². The fraction of sp³-hybridized carbons (Fsp3) is 0.923. The van der Waals surface area contributed by atoms with Crippen LogP contribution in [-0.4, -0.2) is 75.9 Å². The number of guanidine groups is 1. The van der Waals surface area contributed by atoms with Crippen molar-refractivity contribution in [2.75, 3.05) is 65.0 Å². The van der Waals surface area contributed by atoms with E-state index in [0.717, 1.165) is 51.1 Å². The predicted octanol–water partition coefficient (Wildman–Crippen LogP) is 0.627. The molecule has 6 heteroatoms. The molecule has 2 N–H and O–H groups in total. The van der Waals surface area contributed by atoms with Crippen LogP contribution in [0.3, 0.4) is 0 Å². The molecule has 1 saturated heterocycles. The number of aliphatic imine (C=N–C) groups is 1. The van der Waals surface area contributed by atoms with Gasteiger partial charge in [0.25, 0.3) is 0 Å². The Bertz CT molecular complexity index is 245. The fourth-order valence-corrected chi connectivity index (χ4v) is 2.29. The molecule has 19 heavy (non-hydrogen) atoms. The van der Waals surface area contributed by atoms with Gasteiger partial charge in [0.05, 0.1) is 13.2 Å². The molecule has 0 amide bonds. The second-order valence-corrected chi connectivity index (χ2v) is 5.57. The molecule has 0 aromatic rings. The lowest BCUT2D eigenvalue weighted by Crippen LogP contribution is -2.39. The molecule has 0 saturated carbocycles. The maximum Gasteiger partial charge on any atom is 0.191 e. The van der Waals surface area contributed by atoms with Crippen LogP contribution in [0.2, 0.25) is 0 Å². The first-order valence-electron chi connectivity index (χ1n) is 7.10. The van der Waals surface area contributed by atoms with Crippen LogP contribution in [0.1, 0.15) is 12.8 Å². The Hall–Kier alpha value is -0.460. The summed E-state index contributed by atoms with van der Waals surface area (Å²) in [7, 11) is 1.82. The van der Waals surface area contributed by atoms with Gasteiger partial charge in [-0.05, 0) is 25.6 Å². The van der Waals surface area contributed by atoms with E-state index < -0.39 is 0 Å². The Labute approximate surface area is 121 Å². The first kappa shape index (κ1) is 16.6. The highest BCUT2D eigenvalue weighted by atomic mass is 32.2. The summed E-state index contributed by atoms with van der Waals surface area (Å²) >= 11 is 1.84. The highest BCUT2D eigenvalue weighted by Gasteiger charge is 2.08. The molecule has 1 aliphatic heterocycles. The second kappa shape index (κ2) is 11.4. The smallest absolute Gasteiger partial charge is 0.191 e. The normalized spacial score (nSPS) is 17.5. The van der Waals surface area contributed by atoms with Gasteiger partial charge in [-0.2, -0.15) is 11.8 Å². The monoisotopic (exact) mass is 288 g/mol. The number of thioether (sulfide) groups is 1. The molecule has 0 spiro atoms. The maximum absolute atomic E-state index is 5.34. The van der Waals surface area contributed by atoms with Gasteiger partial charge in [0.2, 0.25) is 0 Å². The van der Waals surface area contributed by atoms with Crippen LogP contribution in [-0.2, 0) is 4.74 Å². The van der Waals surface area contributed by atoms with Crippen LogP contribution < -0.4 is 10.6 Å². The zero-order valence-electron chi connectivity index (χ0n) is 12.3. The van der Waals surface area contributed by atoms with Crippen molar-refractivity contribution in [3.8, 4) is 0 Å². The van der Waals surface area contributed by atoms with Crippen LogP contribution in [0.4, 0.5) is 0 Å².